The Morgan fingerprint density at radius 3 is 2.77 bits per heavy atom. The maximum Gasteiger partial charge on any atom is 0.301 e. The second-order valence-electron chi connectivity index (χ2n) is 9.88. The van der Waals surface area contributed by atoms with Crippen molar-refractivity contribution >= 4 is 44.1 Å². The van der Waals surface area contributed by atoms with E-state index < -0.39 is 17.7 Å². The van der Waals surface area contributed by atoms with Crippen LogP contribution in [-0.4, -0.2) is 41.6 Å². The Morgan fingerprint density at radius 1 is 1.12 bits per heavy atom. The molecule has 1 fully saturated rings. The molecule has 4 aromatic rings. The van der Waals surface area contributed by atoms with Crippen LogP contribution < -0.4 is 19.1 Å². The minimum Gasteiger partial charge on any atom is -0.507 e. The molecule has 0 aliphatic carbocycles. The molecule has 8 nitrogen and oxygen atoms in total. The Kier molecular flexibility index (Phi) is 6.67. The maximum atomic E-state index is 13.6. The summed E-state index contributed by atoms with van der Waals surface area (Å²) < 4.78 is 17.8. The Bertz CT molecular complexity index is 1680. The minimum absolute atomic E-state index is 0.00129. The number of aromatic nitrogens is 1. The van der Waals surface area contributed by atoms with Crippen molar-refractivity contribution in [2.24, 2.45) is 0 Å². The lowest BCUT2D eigenvalue weighted by Crippen LogP contribution is -2.29. The summed E-state index contributed by atoms with van der Waals surface area (Å²) in [5.41, 5.74) is 2.70. The van der Waals surface area contributed by atoms with Crippen LogP contribution in [0.4, 0.5) is 5.13 Å². The first-order chi connectivity index (χ1) is 19.4. The Morgan fingerprint density at radius 2 is 1.98 bits per heavy atom. The van der Waals surface area contributed by atoms with Gasteiger partial charge in [-0.2, -0.15) is 0 Å². The molecule has 0 bridgehead atoms. The SMILES string of the molecule is CCCOc1cccc(C2/C(=C(/O)c3ccc4c(c3)CC(C)O4)C(=O)C(=O)N2c2nc3ccc(OC)cc3s2)c1. The Balaban J connectivity index is 1.51. The van der Waals surface area contributed by atoms with Crippen LogP contribution in [0.5, 0.6) is 17.2 Å². The Hall–Kier alpha value is -4.37. The molecule has 204 valence electrons. The fourth-order valence-electron chi connectivity index (χ4n) is 5.19. The average Bonchev–Trinajstić information content (AvgIpc) is 3.63. The number of aliphatic hydroxyl groups excluding tert-OH is 1. The third-order valence-electron chi connectivity index (χ3n) is 7.05. The molecular formula is C31H28N2O6S. The van der Waals surface area contributed by atoms with Gasteiger partial charge in [-0.15, -0.1) is 0 Å². The van der Waals surface area contributed by atoms with E-state index in [0.717, 1.165) is 22.4 Å². The van der Waals surface area contributed by atoms with E-state index in [0.29, 0.717) is 46.3 Å². The Labute approximate surface area is 235 Å². The van der Waals surface area contributed by atoms with Crippen LogP contribution >= 0.6 is 11.3 Å². The van der Waals surface area contributed by atoms with E-state index in [-0.39, 0.29) is 17.4 Å². The first kappa shape index (κ1) is 25.9. The molecule has 40 heavy (non-hydrogen) atoms. The van der Waals surface area contributed by atoms with Crippen LogP contribution in [0.1, 0.15) is 43.0 Å². The summed E-state index contributed by atoms with van der Waals surface area (Å²) >= 11 is 1.28. The average molecular weight is 557 g/mol. The molecule has 2 atom stereocenters. The van der Waals surface area contributed by atoms with Crippen LogP contribution in [0.25, 0.3) is 16.0 Å². The van der Waals surface area contributed by atoms with E-state index in [1.807, 2.05) is 50.2 Å². The number of carbonyl (C=O) groups excluding carboxylic acids is 2. The number of ether oxygens (including phenoxy) is 3. The number of amides is 1. The maximum absolute atomic E-state index is 13.6. The normalized spacial score (nSPS) is 19.6. The molecule has 1 saturated heterocycles. The topological polar surface area (TPSA) is 98.2 Å². The van der Waals surface area contributed by atoms with Gasteiger partial charge in [0.2, 0.25) is 0 Å². The fourth-order valence-corrected chi connectivity index (χ4v) is 6.21. The molecule has 1 amide bonds. The highest BCUT2D eigenvalue weighted by atomic mass is 32.1. The van der Waals surface area contributed by atoms with E-state index in [4.69, 9.17) is 14.2 Å². The lowest BCUT2D eigenvalue weighted by Gasteiger charge is -2.23. The van der Waals surface area contributed by atoms with Crippen molar-refractivity contribution in [3.8, 4) is 17.2 Å². The van der Waals surface area contributed by atoms with Gasteiger partial charge in [-0.25, -0.2) is 4.98 Å². The van der Waals surface area contributed by atoms with Crippen molar-refractivity contribution in [3.05, 3.63) is 82.9 Å². The zero-order valence-electron chi connectivity index (χ0n) is 22.3. The van der Waals surface area contributed by atoms with Gasteiger partial charge in [0.05, 0.1) is 35.5 Å². The van der Waals surface area contributed by atoms with Crippen LogP contribution in [0.2, 0.25) is 0 Å². The molecule has 2 aliphatic heterocycles. The van der Waals surface area contributed by atoms with Crippen LogP contribution in [0, 0.1) is 0 Å². The van der Waals surface area contributed by atoms with E-state index in [2.05, 4.69) is 4.98 Å². The summed E-state index contributed by atoms with van der Waals surface area (Å²) in [6.45, 7) is 4.52. The number of carbonyl (C=O) groups is 2. The van der Waals surface area contributed by atoms with E-state index in [1.165, 1.54) is 16.2 Å². The van der Waals surface area contributed by atoms with Crippen molar-refractivity contribution in [3.63, 3.8) is 0 Å². The van der Waals surface area contributed by atoms with Gasteiger partial charge in [-0.3, -0.25) is 14.5 Å². The molecule has 3 heterocycles. The molecule has 2 aliphatic rings. The highest BCUT2D eigenvalue weighted by Crippen LogP contribution is 2.45. The van der Waals surface area contributed by atoms with Gasteiger partial charge < -0.3 is 19.3 Å². The summed E-state index contributed by atoms with van der Waals surface area (Å²) in [4.78, 5) is 33.3. The van der Waals surface area contributed by atoms with Crippen molar-refractivity contribution in [2.75, 3.05) is 18.6 Å². The van der Waals surface area contributed by atoms with E-state index >= 15 is 0 Å². The summed E-state index contributed by atoms with van der Waals surface area (Å²) in [6.07, 6.45) is 1.56. The minimum atomic E-state index is -0.906. The molecule has 0 spiro atoms. The standard InChI is InChI=1S/C31H28N2O6S/c1-4-12-38-22-7-5-6-18(15-22)27-26(28(34)19-8-11-24-20(14-19)13-17(2)39-24)29(35)30(36)33(27)31-32-23-10-9-21(37-3)16-25(23)40-31/h5-11,14-17,27,34H,4,12-13H2,1-3H3/b28-26-. The molecule has 1 aromatic heterocycles. The third-order valence-corrected chi connectivity index (χ3v) is 8.07. The lowest BCUT2D eigenvalue weighted by atomic mass is 9.94. The molecule has 0 radical (unpaired) electrons. The number of rotatable bonds is 7. The van der Waals surface area contributed by atoms with Gasteiger partial charge in [0.25, 0.3) is 5.78 Å². The van der Waals surface area contributed by atoms with Gasteiger partial charge in [0.1, 0.15) is 29.1 Å². The number of ketones is 1. The summed E-state index contributed by atoms with van der Waals surface area (Å²) in [7, 11) is 1.58. The second kappa shape index (κ2) is 10.3. The number of aliphatic hydroxyl groups is 1. The number of Topliss-reactive ketones (excluding diaryl/α,β-unsaturated/α-hetero) is 1. The zero-order valence-corrected chi connectivity index (χ0v) is 23.2. The molecule has 6 rings (SSSR count). The van der Waals surface area contributed by atoms with Crippen molar-refractivity contribution in [2.45, 2.75) is 38.8 Å². The first-order valence-electron chi connectivity index (χ1n) is 13.2. The zero-order chi connectivity index (χ0) is 28.0. The summed E-state index contributed by atoms with van der Waals surface area (Å²) in [5.74, 6) is 0.266. The molecule has 1 N–H and O–H groups in total. The number of anilines is 1. The molecule has 0 saturated carbocycles. The molecular weight excluding hydrogens is 528 g/mol. The molecule has 3 aromatic carbocycles. The van der Waals surface area contributed by atoms with Crippen LogP contribution in [-0.2, 0) is 16.0 Å². The van der Waals surface area contributed by atoms with Gasteiger partial charge in [-0.05, 0) is 73.0 Å². The van der Waals surface area contributed by atoms with Gasteiger partial charge >= 0.3 is 5.91 Å². The number of hydrogen-bond acceptors (Lipinski definition) is 8. The number of fused-ring (bicyclic) bond motifs is 2. The van der Waals surface area contributed by atoms with E-state index in [1.54, 1.807) is 31.4 Å². The van der Waals surface area contributed by atoms with Crippen LogP contribution in [0.15, 0.2) is 66.2 Å². The molecule has 9 heteroatoms. The monoisotopic (exact) mass is 556 g/mol. The van der Waals surface area contributed by atoms with Gasteiger partial charge in [-0.1, -0.05) is 30.4 Å². The third kappa shape index (κ3) is 4.46. The second-order valence-corrected chi connectivity index (χ2v) is 10.9. The number of hydrogen-bond donors (Lipinski definition) is 1. The predicted molar refractivity (Wildman–Crippen MR) is 153 cm³/mol. The van der Waals surface area contributed by atoms with Crippen molar-refractivity contribution in [1.82, 2.24) is 4.98 Å². The quantitative estimate of drug-likeness (QED) is 0.168. The number of benzene rings is 3. The number of nitrogens with zero attached hydrogens (tertiary/aromatic N) is 2. The largest absolute Gasteiger partial charge is 0.507 e. The first-order valence-corrected chi connectivity index (χ1v) is 14.0. The van der Waals surface area contributed by atoms with Gasteiger partial charge in [0, 0.05) is 12.0 Å². The highest BCUT2D eigenvalue weighted by molar-refractivity contribution is 7.22. The summed E-state index contributed by atoms with van der Waals surface area (Å²) in [5, 5.41) is 11.9. The highest BCUT2D eigenvalue weighted by Gasteiger charge is 2.48. The smallest absolute Gasteiger partial charge is 0.301 e. The summed E-state index contributed by atoms with van der Waals surface area (Å²) in [6, 6.07) is 17.1. The van der Waals surface area contributed by atoms with E-state index in [9.17, 15) is 14.7 Å². The number of thiazole rings is 1. The van der Waals surface area contributed by atoms with Crippen molar-refractivity contribution in [1.29, 1.82) is 0 Å². The van der Waals surface area contributed by atoms with Crippen LogP contribution in [0.3, 0.4) is 0 Å². The number of methoxy groups -OCH3 is 1. The predicted octanol–water partition coefficient (Wildman–Crippen LogP) is 6.04. The van der Waals surface area contributed by atoms with Crippen molar-refractivity contribution < 1.29 is 28.9 Å². The lowest BCUT2D eigenvalue weighted by molar-refractivity contribution is -0.132. The molecule has 2 unspecified atom stereocenters. The van der Waals surface area contributed by atoms with Gasteiger partial charge in [0.15, 0.2) is 5.13 Å². The fraction of sp³-hybridized carbons (Fsp3) is 0.258.